The highest BCUT2D eigenvalue weighted by atomic mass is 79.9. The molecule has 2 aromatic carbocycles. The second-order valence-corrected chi connectivity index (χ2v) is 9.07. The molecule has 2 unspecified atom stereocenters. The first-order valence-corrected chi connectivity index (χ1v) is 11.4. The topological polar surface area (TPSA) is 79.8 Å². The molecule has 0 saturated heterocycles. The summed E-state index contributed by atoms with van der Waals surface area (Å²) in [6, 6.07) is 11.0. The van der Waals surface area contributed by atoms with Crippen molar-refractivity contribution in [2.75, 3.05) is 7.11 Å². The second kappa shape index (κ2) is 9.40. The third-order valence-electron chi connectivity index (χ3n) is 5.83. The summed E-state index contributed by atoms with van der Waals surface area (Å²) in [6.07, 6.45) is 3.89. The maximum atomic E-state index is 13.0. The molecule has 1 heterocycles. The highest BCUT2D eigenvalue weighted by Gasteiger charge is 2.37. The molecule has 1 saturated carbocycles. The number of hydrogen-bond acceptors (Lipinski definition) is 4. The van der Waals surface area contributed by atoms with Gasteiger partial charge in [0, 0.05) is 15.1 Å². The van der Waals surface area contributed by atoms with Gasteiger partial charge in [0.2, 0.25) is 11.9 Å². The number of methoxy groups -OCH3 is 1. The average molecular weight is 505 g/mol. The molecule has 2 N–H and O–H groups in total. The Labute approximate surface area is 194 Å². The summed E-state index contributed by atoms with van der Waals surface area (Å²) < 4.78 is 6.41. The van der Waals surface area contributed by atoms with Crippen molar-refractivity contribution in [3.05, 3.63) is 62.6 Å². The van der Waals surface area contributed by atoms with Crippen LogP contribution in [0.25, 0.3) is 0 Å². The molecule has 0 spiro atoms. The number of amides is 2. The van der Waals surface area contributed by atoms with Crippen molar-refractivity contribution in [1.29, 1.82) is 0 Å². The molecule has 8 heteroatoms. The van der Waals surface area contributed by atoms with Crippen LogP contribution in [-0.4, -0.2) is 30.9 Å². The van der Waals surface area contributed by atoms with Gasteiger partial charge in [-0.1, -0.05) is 40.0 Å². The molecule has 1 fully saturated rings. The number of carbonyl (C=O) groups is 2. The fourth-order valence-corrected chi connectivity index (χ4v) is 4.95. The van der Waals surface area contributed by atoms with Gasteiger partial charge in [0.25, 0.3) is 5.91 Å². The third-order valence-corrected chi connectivity index (χ3v) is 6.68. The first-order valence-electron chi connectivity index (χ1n) is 10.3. The van der Waals surface area contributed by atoms with Crippen molar-refractivity contribution in [1.82, 2.24) is 10.6 Å². The van der Waals surface area contributed by atoms with E-state index in [0.717, 1.165) is 40.6 Å². The van der Waals surface area contributed by atoms with E-state index in [2.05, 4.69) is 31.6 Å². The maximum Gasteiger partial charge on any atom is 0.258 e. The lowest BCUT2D eigenvalue weighted by atomic mass is 9.98. The van der Waals surface area contributed by atoms with Gasteiger partial charge in [-0.25, -0.2) is 4.99 Å². The molecular formula is C23H23BrClN3O3. The van der Waals surface area contributed by atoms with Gasteiger partial charge >= 0.3 is 0 Å². The SMILES string of the molecule is COc1ccc(Br)cc1CCc1c(Cl)cccc1C(=O)NC1=NC2CCCC2C(=O)N1. The summed E-state index contributed by atoms with van der Waals surface area (Å²) >= 11 is 9.95. The van der Waals surface area contributed by atoms with Crippen LogP contribution in [0, 0.1) is 5.92 Å². The van der Waals surface area contributed by atoms with Crippen molar-refractivity contribution in [2.24, 2.45) is 10.9 Å². The van der Waals surface area contributed by atoms with Gasteiger partial charge in [0.05, 0.1) is 19.1 Å². The molecule has 2 aliphatic rings. The number of rotatable bonds is 5. The van der Waals surface area contributed by atoms with E-state index in [4.69, 9.17) is 16.3 Å². The van der Waals surface area contributed by atoms with Crippen molar-refractivity contribution in [3.8, 4) is 5.75 Å². The minimum atomic E-state index is -0.339. The van der Waals surface area contributed by atoms with E-state index in [-0.39, 0.29) is 29.7 Å². The monoisotopic (exact) mass is 503 g/mol. The van der Waals surface area contributed by atoms with Crippen LogP contribution in [0.2, 0.25) is 5.02 Å². The van der Waals surface area contributed by atoms with E-state index in [9.17, 15) is 9.59 Å². The zero-order chi connectivity index (χ0) is 22.0. The molecule has 4 rings (SSSR count). The summed E-state index contributed by atoms with van der Waals surface area (Å²) in [4.78, 5) is 29.9. The largest absolute Gasteiger partial charge is 0.496 e. The number of carbonyl (C=O) groups excluding carboxylic acids is 2. The van der Waals surface area contributed by atoms with E-state index in [1.54, 1.807) is 25.3 Å². The van der Waals surface area contributed by atoms with Crippen molar-refractivity contribution in [2.45, 2.75) is 38.1 Å². The molecule has 2 aromatic rings. The van der Waals surface area contributed by atoms with Crippen LogP contribution >= 0.6 is 27.5 Å². The zero-order valence-corrected chi connectivity index (χ0v) is 19.4. The van der Waals surface area contributed by atoms with Gasteiger partial charge in [0.1, 0.15) is 5.75 Å². The Morgan fingerprint density at radius 3 is 2.94 bits per heavy atom. The number of aryl methyl sites for hydroxylation is 1. The number of nitrogens with one attached hydrogen (secondary N) is 2. The molecule has 1 aliphatic carbocycles. The highest BCUT2D eigenvalue weighted by molar-refractivity contribution is 9.10. The summed E-state index contributed by atoms with van der Waals surface area (Å²) in [5.74, 6) is 0.516. The Kier molecular flexibility index (Phi) is 6.62. The molecule has 2 atom stereocenters. The Morgan fingerprint density at radius 2 is 2.13 bits per heavy atom. The van der Waals surface area contributed by atoms with Crippen molar-refractivity contribution < 1.29 is 14.3 Å². The minimum Gasteiger partial charge on any atom is -0.496 e. The zero-order valence-electron chi connectivity index (χ0n) is 17.1. The van der Waals surface area contributed by atoms with E-state index >= 15 is 0 Å². The van der Waals surface area contributed by atoms with Crippen LogP contribution in [0.1, 0.15) is 40.7 Å². The Bertz CT molecular complexity index is 1060. The van der Waals surface area contributed by atoms with Crippen molar-refractivity contribution >= 4 is 45.3 Å². The van der Waals surface area contributed by atoms with Gasteiger partial charge in [-0.3, -0.25) is 20.2 Å². The smallest absolute Gasteiger partial charge is 0.258 e. The molecule has 6 nitrogen and oxygen atoms in total. The van der Waals surface area contributed by atoms with Gasteiger partial charge in [-0.2, -0.15) is 0 Å². The lowest BCUT2D eigenvalue weighted by Crippen LogP contribution is -2.51. The summed E-state index contributed by atoms with van der Waals surface area (Å²) in [5, 5.41) is 6.01. The Balaban J connectivity index is 1.53. The van der Waals surface area contributed by atoms with Crippen LogP contribution in [0.15, 0.2) is 45.9 Å². The standard InChI is InChI=1S/C23H23BrClN3O3/c1-31-20-11-9-14(24)12-13(20)8-10-15-16(4-2-6-18(15)25)21(29)27-23-26-19-7-3-5-17(19)22(30)28-23/h2,4,6,9,11-12,17,19H,3,5,7-8,10H2,1H3,(H2,26,27,28,29,30). The van der Waals surface area contributed by atoms with Gasteiger partial charge in [0.15, 0.2) is 0 Å². The number of halogens is 2. The second-order valence-electron chi connectivity index (χ2n) is 7.75. The molecule has 0 aromatic heterocycles. The molecule has 0 bridgehead atoms. The van der Waals surface area contributed by atoms with Crippen molar-refractivity contribution in [3.63, 3.8) is 0 Å². The van der Waals surface area contributed by atoms with E-state index in [1.165, 1.54) is 0 Å². The van der Waals surface area contributed by atoms with E-state index in [0.29, 0.717) is 23.4 Å². The quantitative estimate of drug-likeness (QED) is 0.638. The molecular weight excluding hydrogens is 482 g/mol. The van der Waals surface area contributed by atoms with E-state index in [1.807, 2.05) is 18.2 Å². The Morgan fingerprint density at radius 1 is 1.29 bits per heavy atom. The molecule has 162 valence electrons. The minimum absolute atomic E-state index is 0.0492. The third kappa shape index (κ3) is 4.77. The van der Waals surface area contributed by atoms with Gasteiger partial charge < -0.3 is 4.74 Å². The summed E-state index contributed by atoms with van der Waals surface area (Å²) in [6.45, 7) is 0. The molecule has 1 aliphatic heterocycles. The number of fused-ring (bicyclic) bond motifs is 1. The van der Waals surface area contributed by atoms with Crippen LogP contribution in [0.3, 0.4) is 0 Å². The average Bonchev–Trinajstić information content (AvgIpc) is 3.22. The lowest BCUT2D eigenvalue weighted by Gasteiger charge is -2.24. The van der Waals surface area contributed by atoms with Crippen LogP contribution in [0.4, 0.5) is 0 Å². The fraction of sp³-hybridized carbons (Fsp3) is 0.348. The molecule has 2 amide bonds. The van der Waals surface area contributed by atoms with Gasteiger partial charge in [-0.15, -0.1) is 0 Å². The predicted molar refractivity (Wildman–Crippen MR) is 124 cm³/mol. The lowest BCUT2D eigenvalue weighted by molar-refractivity contribution is -0.124. The maximum absolute atomic E-state index is 13.0. The Hall–Kier alpha value is -2.38. The van der Waals surface area contributed by atoms with Crippen LogP contribution in [-0.2, 0) is 17.6 Å². The number of aliphatic imine (C=N–C) groups is 1. The molecule has 0 radical (unpaired) electrons. The van der Waals surface area contributed by atoms with Crippen LogP contribution < -0.4 is 15.4 Å². The number of ether oxygens (including phenoxy) is 1. The first kappa shape index (κ1) is 21.8. The number of nitrogens with zero attached hydrogens (tertiary/aromatic N) is 1. The number of hydrogen-bond donors (Lipinski definition) is 2. The summed E-state index contributed by atoms with van der Waals surface area (Å²) in [7, 11) is 1.63. The number of benzene rings is 2. The summed E-state index contributed by atoms with van der Waals surface area (Å²) in [5.41, 5.74) is 2.22. The highest BCUT2D eigenvalue weighted by Crippen LogP contribution is 2.30. The predicted octanol–water partition coefficient (Wildman–Crippen LogP) is 4.28. The number of guanidine groups is 1. The molecule has 31 heavy (non-hydrogen) atoms. The fourth-order valence-electron chi connectivity index (χ4n) is 4.27. The first-order chi connectivity index (χ1) is 15.0. The van der Waals surface area contributed by atoms with Gasteiger partial charge in [-0.05, 0) is 67.1 Å². The van der Waals surface area contributed by atoms with Crippen LogP contribution in [0.5, 0.6) is 5.75 Å². The normalized spacial score (nSPS) is 20.0. The van der Waals surface area contributed by atoms with E-state index < -0.39 is 0 Å².